The molecule has 0 heterocycles. The van der Waals surface area contributed by atoms with Crippen LogP contribution in [0.3, 0.4) is 0 Å². The number of hydrogen-bond acceptors (Lipinski definition) is 2. The van der Waals surface area contributed by atoms with Gasteiger partial charge in [0.2, 0.25) is 0 Å². The van der Waals surface area contributed by atoms with E-state index in [1.165, 1.54) is 0 Å². The number of amides is 2. The maximum atomic E-state index is 11.7. The third kappa shape index (κ3) is 5.26. The average molecular weight is 279 g/mol. The van der Waals surface area contributed by atoms with E-state index in [2.05, 4.69) is 16.0 Å². The molecule has 2 amide bonds. The van der Waals surface area contributed by atoms with Crippen LogP contribution in [0.4, 0.5) is 10.5 Å². The van der Waals surface area contributed by atoms with Crippen LogP contribution in [-0.4, -0.2) is 16.7 Å². The van der Waals surface area contributed by atoms with Gasteiger partial charge in [0, 0.05) is 11.2 Å². The fraction of sp³-hybridized carbons (Fsp3) is 0.429. The van der Waals surface area contributed by atoms with Crippen molar-refractivity contribution >= 4 is 29.0 Å². The van der Waals surface area contributed by atoms with Crippen LogP contribution in [0, 0.1) is 13.8 Å². The Morgan fingerprint density at radius 3 is 2.16 bits per heavy atom. The normalized spacial score (nSPS) is 10.8. The van der Waals surface area contributed by atoms with E-state index in [9.17, 15) is 4.79 Å². The first-order chi connectivity index (χ1) is 8.69. The van der Waals surface area contributed by atoms with E-state index in [0.29, 0.717) is 5.11 Å². The first-order valence-electron chi connectivity index (χ1n) is 6.15. The highest BCUT2D eigenvalue weighted by Crippen LogP contribution is 2.19. The van der Waals surface area contributed by atoms with E-state index in [-0.39, 0.29) is 11.6 Å². The molecule has 1 aromatic carbocycles. The van der Waals surface area contributed by atoms with Crippen LogP contribution in [-0.2, 0) is 0 Å². The zero-order valence-corrected chi connectivity index (χ0v) is 12.9. The zero-order valence-electron chi connectivity index (χ0n) is 12.0. The Hall–Kier alpha value is -1.62. The molecule has 4 nitrogen and oxygen atoms in total. The summed E-state index contributed by atoms with van der Waals surface area (Å²) in [6.45, 7) is 9.72. The first kappa shape index (κ1) is 15.4. The molecule has 0 fully saturated rings. The number of para-hydroxylation sites is 1. The summed E-state index contributed by atoms with van der Waals surface area (Å²) in [7, 11) is 0. The van der Waals surface area contributed by atoms with Gasteiger partial charge in [-0.25, -0.2) is 4.79 Å². The molecule has 0 saturated carbocycles. The van der Waals surface area contributed by atoms with Crippen molar-refractivity contribution in [1.29, 1.82) is 0 Å². The minimum Gasteiger partial charge on any atom is -0.333 e. The summed E-state index contributed by atoms with van der Waals surface area (Å²) < 4.78 is 0. The second kappa shape index (κ2) is 6.02. The third-order valence-electron chi connectivity index (χ3n) is 2.44. The van der Waals surface area contributed by atoms with Gasteiger partial charge in [0.15, 0.2) is 5.11 Å². The van der Waals surface area contributed by atoms with Gasteiger partial charge in [0.25, 0.3) is 0 Å². The van der Waals surface area contributed by atoms with Crippen LogP contribution < -0.4 is 16.0 Å². The van der Waals surface area contributed by atoms with Crippen LogP contribution in [0.1, 0.15) is 31.9 Å². The lowest BCUT2D eigenvalue weighted by Gasteiger charge is -2.21. The van der Waals surface area contributed by atoms with E-state index in [0.717, 1.165) is 16.8 Å². The van der Waals surface area contributed by atoms with Crippen LogP contribution in [0.2, 0.25) is 0 Å². The fourth-order valence-electron chi connectivity index (χ4n) is 1.63. The maximum absolute atomic E-state index is 11.7. The Kier molecular flexibility index (Phi) is 4.89. The van der Waals surface area contributed by atoms with Gasteiger partial charge in [-0.3, -0.25) is 5.32 Å². The molecule has 0 bridgehead atoms. The summed E-state index contributed by atoms with van der Waals surface area (Å²) in [6.07, 6.45) is 0. The van der Waals surface area contributed by atoms with E-state index in [4.69, 9.17) is 12.2 Å². The second-order valence-electron chi connectivity index (χ2n) is 5.55. The molecule has 0 saturated heterocycles. The van der Waals surface area contributed by atoms with Gasteiger partial charge < -0.3 is 10.6 Å². The monoisotopic (exact) mass is 279 g/mol. The predicted octanol–water partition coefficient (Wildman–Crippen LogP) is 3.10. The first-order valence-corrected chi connectivity index (χ1v) is 6.56. The van der Waals surface area contributed by atoms with Crippen molar-refractivity contribution in [2.75, 3.05) is 5.32 Å². The van der Waals surface area contributed by atoms with Gasteiger partial charge in [-0.2, -0.15) is 0 Å². The molecule has 1 rings (SSSR count). The van der Waals surface area contributed by atoms with Gasteiger partial charge in [-0.1, -0.05) is 18.2 Å². The summed E-state index contributed by atoms with van der Waals surface area (Å²) in [4.78, 5) is 11.7. The molecular weight excluding hydrogens is 258 g/mol. The number of hydrogen-bond donors (Lipinski definition) is 3. The number of carbonyl (C=O) groups excluding carboxylic acids is 1. The van der Waals surface area contributed by atoms with Crippen LogP contribution in [0.25, 0.3) is 0 Å². The van der Waals surface area contributed by atoms with Crippen molar-refractivity contribution in [2.24, 2.45) is 0 Å². The summed E-state index contributed by atoms with van der Waals surface area (Å²) in [6, 6.07) is 5.66. The van der Waals surface area contributed by atoms with Crippen LogP contribution >= 0.6 is 12.2 Å². The van der Waals surface area contributed by atoms with E-state index < -0.39 is 0 Å². The molecule has 0 spiro atoms. The number of benzene rings is 1. The van der Waals surface area contributed by atoms with Crippen molar-refractivity contribution < 1.29 is 4.79 Å². The van der Waals surface area contributed by atoms with Gasteiger partial charge in [-0.15, -0.1) is 0 Å². The molecule has 0 radical (unpaired) electrons. The van der Waals surface area contributed by atoms with Crippen molar-refractivity contribution in [3.63, 3.8) is 0 Å². The molecular formula is C14H21N3OS. The van der Waals surface area contributed by atoms with Crippen molar-refractivity contribution in [3.05, 3.63) is 29.3 Å². The summed E-state index contributed by atoms with van der Waals surface area (Å²) in [5.74, 6) is 0. The fourth-order valence-corrected chi connectivity index (χ4v) is 1.83. The highest BCUT2D eigenvalue weighted by atomic mass is 32.1. The number of carbonyl (C=O) groups is 1. The molecule has 0 aliphatic rings. The average Bonchev–Trinajstić information content (AvgIpc) is 2.20. The number of urea groups is 1. The van der Waals surface area contributed by atoms with Gasteiger partial charge in [0.1, 0.15) is 0 Å². The van der Waals surface area contributed by atoms with Crippen LogP contribution in [0.15, 0.2) is 18.2 Å². The molecule has 5 heteroatoms. The second-order valence-corrected chi connectivity index (χ2v) is 5.96. The van der Waals surface area contributed by atoms with Crippen LogP contribution in [0.5, 0.6) is 0 Å². The summed E-state index contributed by atoms with van der Waals surface area (Å²) >= 11 is 5.14. The van der Waals surface area contributed by atoms with Crippen molar-refractivity contribution in [3.8, 4) is 0 Å². The largest absolute Gasteiger partial charge is 0.333 e. The standard InChI is InChI=1S/C14H21N3OS/c1-9-7-6-8-10(2)11(9)15-13(19)16-12(18)17-14(3,4)5/h6-8H,1-5H3,(H3,15,16,17,18,19). The molecule has 104 valence electrons. The number of thiocarbonyl (C=S) groups is 1. The maximum Gasteiger partial charge on any atom is 0.321 e. The molecule has 0 unspecified atom stereocenters. The minimum absolute atomic E-state index is 0.291. The lowest BCUT2D eigenvalue weighted by atomic mass is 10.1. The van der Waals surface area contributed by atoms with Crippen molar-refractivity contribution in [1.82, 2.24) is 10.6 Å². The van der Waals surface area contributed by atoms with Gasteiger partial charge >= 0.3 is 6.03 Å². The molecule has 0 aliphatic heterocycles. The Balaban J connectivity index is 2.64. The lowest BCUT2D eigenvalue weighted by molar-refractivity contribution is 0.236. The molecule has 1 aromatic rings. The third-order valence-corrected chi connectivity index (χ3v) is 2.64. The van der Waals surface area contributed by atoms with Gasteiger partial charge in [-0.05, 0) is 58.0 Å². The van der Waals surface area contributed by atoms with Crippen molar-refractivity contribution in [2.45, 2.75) is 40.2 Å². The number of aryl methyl sites for hydroxylation is 2. The SMILES string of the molecule is Cc1cccc(C)c1NC(=S)NC(=O)NC(C)(C)C. The lowest BCUT2D eigenvalue weighted by Crippen LogP contribution is -2.49. The highest BCUT2D eigenvalue weighted by Gasteiger charge is 2.14. The smallest absolute Gasteiger partial charge is 0.321 e. The Morgan fingerprint density at radius 2 is 1.68 bits per heavy atom. The predicted molar refractivity (Wildman–Crippen MR) is 83.6 cm³/mol. The molecule has 0 aromatic heterocycles. The number of rotatable bonds is 1. The Bertz CT molecular complexity index is 472. The number of anilines is 1. The Morgan fingerprint density at radius 1 is 1.16 bits per heavy atom. The summed E-state index contributed by atoms with van der Waals surface area (Å²) in [5.41, 5.74) is 2.81. The molecule has 19 heavy (non-hydrogen) atoms. The molecule has 3 N–H and O–H groups in total. The van der Waals surface area contributed by atoms with E-state index in [1.54, 1.807) is 0 Å². The highest BCUT2D eigenvalue weighted by molar-refractivity contribution is 7.80. The minimum atomic E-state index is -0.309. The zero-order chi connectivity index (χ0) is 14.6. The Labute approximate surface area is 120 Å². The topological polar surface area (TPSA) is 53.2 Å². The number of nitrogens with one attached hydrogen (secondary N) is 3. The summed E-state index contributed by atoms with van der Waals surface area (Å²) in [5, 5.41) is 8.74. The van der Waals surface area contributed by atoms with E-state index in [1.807, 2.05) is 52.8 Å². The van der Waals surface area contributed by atoms with Gasteiger partial charge in [0.05, 0.1) is 0 Å². The van der Waals surface area contributed by atoms with E-state index >= 15 is 0 Å². The molecule has 0 atom stereocenters. The quantitative estimate of drug-likeness (QED) is 0.692. The molecule has 0 aliphatic carbocycles.